The number of hydrogen-bond acceptors (Lipinski definition) is 5. The number of rotatable bonds is 4. The van der Waals surface area contributed by atoms with Gasteiger partial charge in [0.2, 0.25) is 0 Å². The summed E-state index contributed by atoms with van der Waals surface area (Å²) in [5, 5.41) is 3.05. The minimum absolute atomic E-state index is 0.0202. The fourth-order valence-corrected chi connectivity index (χ4v) is 2.64. The van der Waals surface area contributed by atoms with Gasteiger partial charge in [-0.05, 0) is 18.6 Å². The molecule has 2 aromatic rings. The summed E-state index contributed by atoms with van der Waals surface area (Å²) in [4.78, 5) is 20.1. The van der Waals surface area contributed by atoms with Crippen molar-refractivity contribution in [1.82, 2.24) is 9.97 Å². The molecule has 6 nitrogen and oxygen atoms in total. The van der Waals surface area contributed by atoms with Gasteiger partial charge in [0.05, 0.1) is 0 Å². The lowest BCUT2D eigenvalue weighted by Crippen LogP contribution is -2.29. The van der Waals surface area contributed by atoms with Crippen molar-refractivity contribution in [2.24, 2.45) is 0 Å². The van der Waals surface area contributed by atoms with Gasteiger partial charge in [0.1, 0.15) is 5.75 Å². The summed E-state index contributed by atoms with van der Waals surface area (Å²) < 4.78 is 40.9. The molecule has 0 aliphatic carbocycles. The summed E-state index contributed by atoms with van der Waals surface area (Å²) in [5.74, 6) is -0.0175. The third kappa shape index (κ3) is 3.98. The van der Waals surface area contributed by atoms with Gasteiger partial charge >= 0.3 is 6.36 Å². The number of anilines is 2. The van der Waals surface area contributed by atoms with Gasteiger partial charge in [-0.3, -0.25) is 4.79 Å². The molecule has 3 rings (SSSR count). The molecule has 1 saturated heterocycles. The van der Waals surface area contributed by atoms with Gasteiger partial charge in [0.25, 0.3) is 5.56 Å². The average molecular weight is 340 g/mol. The van der Waals surface area contributed by atoms with Gasteiger partial charge in [0.15, 0.2) is 5.82 Å². The van der Waals surface area contributed by atoms with Crippen LogP contribution in [0.4, 0.5) is 24.7 Å². The zero-order chi connectivity index (χ0) is 17.2. The quantitative estimate of drug-likeness (QED) is 0.894. The van der Waals surface area contributed by atoms with Gasteiger partial charge in [-0.2, -0.15) is 0 Å². The van der Waals surface area contributed by atoms with Gasteiger partial charge in [-0.15, -0.1) is 13.2 Å². The highest BCUT2D eigenvalue weighted by Crippen LogP contribution is 2.28. The number of nitrogens with zero attached hydrogens (tertiary/aromatic N) is 2. The van der Waals surface area contributed by atoms with Crippen molar-refractivity contribution in [2.45, 2.75) is 18.8 Å². The Balaban J connectivity index is 1.66. The van der Waals surface area contributed by atoms with Crippen LogP contribution in [0, 0.1) is 0 Å². The second kappa shape index (κ2) is 6.42. The number of H-pyrrole nitrogens is 1. The van der Waals surface area contributed by atoms with Crippen LogP contribution in [0.15, 0.2) is 41.5 Å². The summed E-state index contributed by atoms with van der Waals surface area (Å²) in [6, 6.07) is 5.83. The van der Waals surface area contributed by atoms with Crippen molar-refractivity contribution in [1.29, 1.82) is 0 Å². The van der Waals surface area contributed by atoms with Crippen molar-refractivity contribution in [3.63, 3.8) is 0 Å². The van der Waals surface area contributed by atoms with E-state index in [2.05, 4.69) is 20.0 Å². The van der Waals surface area contributed by atoms with Crippen molar-refractivity contribution >= 4 is 11.5 Å². The molecule has 0 amide bonds. The first-order chi connectivity index (χ1) is 11.4. The lowest BCUT2D eigenvalue weighted by atomic mass is 10.2. The van der Waals surface area contributed by atoms with Crippen LogP contribution in [0.5, 0.6) is 5.75 Å². The highest BCUT2D eigenvalue weighted by atomic mass is 19.4. The molecule has 0 bridgehead atoms. The van der Waals surface area contributed by atoms with Gasteiger partial charge in [-0.1, -0.05) is 6.07 Å². The molecule has 0 saturated carbocycles. The van der Waals surface area contributed by atoms with Crippen molar-refractivity contribution in [3.05, 3.63) is 47.0 Å². The van der Waals surface area contributed by atoms with Crippen LogP contribution in [0.1, 0.15) is 6.42 Å². The number of aromatic nitrogens is 2. The van der Waals surface area contributed by atoms with E-state index in [1.54, 1.807) is 6.07 Å². The number of ether oxygens (including phenoxy) is 1. The zero-order valence-electron chi connectivity index (χ0n) is 12.5. The summed E-state index contributed by atoms with van der Waals surface area (Å²) >= 11 is 0. The number of aromatic amines is 1. The maximum Gasteiger partial charge on any atom is 0.573 e. The average Bonchev–Trinajstić information content (AvgIpc) is 2.97. The zero-order valence-corrected chi connectivity index (χ0v) is 12.5. The molecule has 1 aromatic heterocycles. The Morgan fingerprint density at radius 3 is 2.96 bits per heavy atom. The van der Waals surface area contributed by atoms with Crippen LogP contribution >= 0.6 is 0 Å². The normalized spacial score (nSPS) is 17.8. The fourth-order valence-electron chi connectivity index (χ4n) is 2.64. The van der Waals surface area contributed by atoms with E-state index in [0.29, 0.717) is 18.8 Å². The first-order valence-corrected chi connectivity index (χ1v) is 7.32. The van der Waals surface area contributed by atoms with Crippen LogP contribution in [0.2, 0.25) is 0 Å². The van der Waals surface area contributed by atoms with E-state index in [9.17, 15) is 18.0 Å². The van der Waals surface area contributed by atoms with E-state index in [1.807, 2.05) is 4.90 Å². The van der Waals surface area contributed by atoms with E-state index in [0.717, 1.165) is 6.42 Å². The number of nitrogens with one attached hydrogen (secondary N) is 2. The molecule has 1 atom stereocenters. The topological polar surface area (TPSA) is 70.2 Å². The summed E-state index contributed by atoms with van der Waals surface area (Å²) in [7, 11) is 0. The predicted octanol–water partition coefficient (Wildman–Crippen LogP) is 2.36. The van der Waals surface area contributed by atoms with Crippen molar-refractivity contribution < 1.29 is 17.9 Å². The standard InChI is InChI=1S/C15H15F3N4O2/c16-15(17,18)24-12-3-1-2-11(8-12)22-7-4-10(9-22)21-13-14(23)20-6-5-19-13/h1-3,5-6,8,10H,4,7,9H2,(H,19,21)(H,20,23). The summed E-state index contributed by atoms with van der Waals surface area (Å²) in [6.07, 6.45) is -1.05. The number of benzene rings is 1. The molecule has 9 heteroatoms. The summed E-state index contributed by atoms with van der Waals surface area (Å²) in [6.45, 7) is 1.20. The third-order valence-electron chi connectivity index (χ3n) is 3.65. The summed E-state index contributed by atoms with van der Waals surface area (Å²) in [5.41, 5.74) is 0.326. The van der Waals surface area contributed by atoms with Crippen LogP contribution in [-0.4, -0.2) is 35.5 Å². The Morgan fingerprint density at radius 2 is 2.21 bits per heavy atom. The molecule has 0 spiro atoms. The van der Waals surface area contributed by atoms with Crippen LogP contribution in [0.25, 0.3) is 0 Å². The van der Waals surface area contributed by atoms with Crippen LogP contribution < -0.4 is 20.5 Å². The maximum absolute atomic E-state index is 12.3. The number of halogens is 3. The molecule has 2 N–H and O–H groups in total. The molecular formula is C15H15F3N4O2. The maximum atomic E-state index is 12.3. The lowest BCUT2D eigenvalue weighted by Gasteiger charge is -2.20. The van der Waals surface area contributed by atoms with E-state index < -0.39 is 6.36 Å². The predicted molar refractivity (Wildman–Crippen MR) is 82.2 cm³/mol. The Kier molecular flexibility index (Phi) is 4.32. The molecule has 0 radical (unpaired) electrons. The minimum atomic E-state index is -4.71. The molecule has 1 aromatic carbocycles. The molecule has 2 heterocycles. The highest BCUT2D eigenvalue weighted by Gasteiger charge is 2.31. The second-order valence-corrected chi connectivity index (χ2v) is 5.39. The van der Waals surface area contributed by atoms with E-state index in [4.69, 9.17) is 0 Å². The van der Waals surface area contributed by atoms with E-state index >= 15 is 0 Å². The SMILES string of the molecule is O=c1[nH]ccnc1NC1CCN(c2cccc(OC(F)(F)F)c2)C1. The molecule has 1 aliphatic heterocycles. The lowest BCUT2D eigenvalue weighted by molar-refractivity contribution is -0.274. The molecular weight excluding hydrogens is 325 g/mol. The smallest absolute Gasteiger partial charge is 0.406 e. The Morgan fingerprint density at radius 1 is 1.38 bits per heavy atom. The Labute approximate surface area is 135 Å². The van der Waals surface area contributed by atoms with Crippen molar-refractivity contribution in [2.75, 3.05) is 23.3 Å². The number of alkyl halides is 3. The van der Waals surface area contributed by atoms with Gasteiger partial charge < -0.3 is 19.9 Å². The molecule has 1 aliphatic rings. The highest BCUT2D eigenvalue weighted by molar-refractivity contribution is 5.52. The first-order valence-electron chi connectivity index (χ1n) is 7.32. The second-order valence-electron chi connectivity index (χ2n) is 5.39. The Hall–Kier alpha value is -2.71. The van der Waals surface area contributed by atoms with Crippen molar-refractivity contribution in [3.8, 4) is 5.75 Å². The van der Waals surface area contributed by atoms with E-state index in [1.165, 1.54) is 30.6 Å². The monoisotopic (exact) mass is 340 g/mol. The Bertz CT molecular complexity index is 763. The largest absolute Gasteiger partial charge is 0.573 e. The van der Waals surface area contributed by atoms with Gasteiger partial charge in [0, 0.05) is 43.3 Å². The molecule has 1 fully saturated rings. The molecule has 24 heavy (non-hydrogen) atoms. The van der Waals surface area contributed by atoms with Crippen LogP contribution in [-0.2, 0) is 0 Å². The first kappa shape index (κ1) is 16.2. The van der Waals surface area contributed by atoms with Crippen LogP contribution in [0.3, 0.4) is 0 Å². The minimum Gasteiger partial charge on any atom is -0.406 e. The molecule has 128 valence electrons. The number of hydrogen-bond donors (Lipinski definition) is 2. The van der Waals surface area contributed by atoms with E-state index in [-0.39, 0.29) is 23.2 Å². The third-order valence-corrected chi connectivity index (χ3v) is 3.65. The van der Waals surface area contributed by atoms with Gasteiger partial charge in [-0.25, -0.2) is 4.98 Å². The molecule has 1 unspecified atom stereocenters. The fraction of sp³-hybridized carbons (Fsp3) is 0.333.